The molecule has 5 aliphatic heterocycles. The molecule has 4 fully saturated rings. The molecule has 2 bridgehead atoms. The molecule has 3 N–H and O–H groups in total. The van der Waals surface area contributed by atoms with Gasteiger partial charge in [0.2, 0.25) is 5.91 Å². The smallest absolute Gasteiger partial charge is 0.410 e. The van der Waals surface area contributed by atoms with Crippen molar-refractivity contribution < 1.29 is 19.1 Å². The molecule has 1 spiro atoms. The van der Waals surface area contributed by atoms with E-state index in [-0.39, 0.29) is 23.7 Å². The number of likely N-dealkylation sites (tertiary alicyclic amines) is 4. The van der Waals surface area contributed by atoms with Gasteiger partial charge in [-0.1, -0.05) is 35.7 Å². The Balaban J connectivity index is 1.04. The normalized spacial score (nSPS) is 24.9. The van der Waals surface area contributed by atoms with Crippen molar-refractivity contribution >= 4 is 40.9 Å². The Hall–Kier alpha value is -3.78. The predicted octanol–water partition coefficient (Wildman–Crippen LogP) is 3.71. The van der Waals surface area contributed by atoms with Crippen LogP contribution < -0.4 is 11.1 Å². The first-order valence-electron chi connectivity index (χ1n) is 16.8. The first kappa shape index (κ1) is 31.8. The number of benzene rings is 2. The number of rotatable bonds is 5. The zero-order chi connectivity index (χ0) is 32.9. The summed E-state index contributed by atoms with van der Waals surface area (Å²) >= 11 is 6.40. The number of likely N-dealkylation sites (N-methyl/N-ethyl adjacent to an activating group) is 1. The highest BCUT2D eigenvalue weighted by Crippen LogP contribution is 2.45. The fourth-order valence-corrected chi connectivity index (χ4v) is 8.92. The van der Waals surface area contributed by atoms with Crippen LogP contribution in [0.2, 0.25) is 5.02 Å². The molecule has 3 amide bonds. The van der Waals surface area contributed by atoms with Crippen LogP contribution in [0.3, 0.4) is 0 Å². The number of hydrogen-bond donors (Lipinski definition) is 2. The Morgan fingerprint density at radius 1 is 1.09 bits per heavy atom. The average Bonchev–Trinajstić information content (AvgIpc) is 3.66. The Bertz CT molecular complexity index is 1610. The van der Waals surface area contributed by atoms with Gasteiger partial charge in [-0.3, -0.25) is 14.5 Å². The SMILES string of the molecule is C#Cc1cc(C[C@@H](OC(=O)N2CCC3(CC2)CC(=O)Nc2ccccc23)C(=O)N2CCC(N3CC4CC3CN4C)CC2)cc(Cl)c1N. The summed E-state index contributed by atoms with van der Waals surface area (Å²) in [6.07, 6.45) is 8.91. The summed E-state index contributed by atoms with van der Waals surface area (Å²) in [5.74, 6) is 2.35. The van der Waals surface area contributed by atoms with Crippen LogP contribution in [0.4, 0.5) is 16.2 Å². The molecule has 3 atom stereocenters. The third-order valence-electron chi connectivity index (χ3n) is 11.3. The van der Waals surface area contributed by atoms with E-state index in [1.54, 1.807) is 17.0 Å². The van der Waals surface area contributed by atoms with Crippen LogP contribution in [-0.2, 0) is 26.2 Å². The lowest BCUT2D eigenvalue weighted by Gasteiger charge is -2.44. The van der Waals surface area contributed by atoms with Gasteiger partial charge in [0.15, 0.2) is 6.10 Å². The standard InChI is InChI=1S/C36H43ClN6O4/c1-3-24-16-23(17-29(37)33(24)38)18-31(34(45)41-12-8-25(9-13-41)43-22-26-19-27(43)21-40(26)2)47-35(46)42-14-10-36(11-15-42)20-32(44)39-30-7-5-4-6-28(30)36/h1,4-7,16-17,25-27,31H,8-15,18-22,38H2,2H3,(H,39,44)/t26?,27?,31-/m1/s1. The number of nitrogens with zero attached hydrogens (tertiary/aromatic N) is 4. The molecule has 5 aliphatic rings. The van der Waals surface area contributed by atoms with E-state index in [1.807, 2.05) is 23.1 Å². The van der Waals surface area contributed by atoms with E-state index in [9.17, 15) is 14.4 Å². The maximum atomic E-state index is 14.1. The molecule has 0 aliphatic carbocycles. The van der Waals surface area contributed by atoms with Gasteiger partial charge in [-0.15, -0.1) is 6.42 Å². The molecule has 2 aromatic rings. The number of anilines is 2. The molecule has 2 aromatic carbocycles. The average molecular weight is 659 g/mol. The van der Waals surface area contributed by atoms with E-state index in [1.165, 1.54) is 6.42 Å². The summed E-state index contributed by atoms with van der Waals surface area (Å²) in [5.41, 5.74) is 9.12. The van der Waals surface area contributed by atoms with Gasteiger partial charge >= 0.3 is 6.09 Å². The number of piperidine rings is 2. The van der Waals surface area contributed by atoms with Gasteiger partial charge in [0.1, 0.15) is 0 Å². The van der Waals surface area contributed by atoms with Crippen molar-refractivity contribution in [3.8, 4) is 12.3 Å². The van der Waals surface area contributed by atoms with E-state index in [0.29, 0.717) is 85.4 Å². The number of nitrogens with one attached hydrogen (secondary N) is 1. The Morgan fingerprint density at radius 3 is 2.51 bits per heavy atom. The first-order chi connectivity index (χ1) is 22.6. The molecule has 11 heteroatoms. The quantitative estimate of drug-likeness (QED) is 0.372. The molecule has 5 heterocycles. The number of carbonyl (C=O) groups is 3. The number of amides is 3. The highest BCUT2D eigenvalue weighted by atomic mass is 35.5. The third-order valence-corrected chi connectivity index (χ3v) is 11.6. The van der Waals surface area contributed by atoms with Crippen LogP contribution in [0.1, 0.15) is 55.2 Å². The Labute approximate surface area is 281 Å². The van der Waals surface area contributed by atoms with Crippen molar-refractivity contribution in [3.05, 3.63) is 58.1 Å². The van der Waals surface area contributed by atoms with Crippen molar-refractivity contribution in [2.75, 3.05) is 57.4 Å². The second-order valence-electron chi connectivity index (χ2n) is 14.0. The Kier molecular flexibility index (Phi) is 8.58. The van der Waals surface area contributed by atoms with Crippen molar-refractivity contribution in [1.29, 1.82) is 0 Å². The summed E-state index contributed by atoms with van der Waals surface area (Å²) in [4.78, 5) is 49.0. The fourth-order valence-electron chi connectivity index (χ4n) is 8.68. The third kappa shape index (κ3) is 6.05. The predicted molar refractivity (Wildman–Crippen MR) is 181 cm³/mol. The molecule has 0 radical (unpaired) electrons. The lowest BCUT2D eigenvalue weighted by Crippen LogP contribution is -2.55. The Morgan fingerprint density at radius 2 is 1.83 bits per heavy atom. The summed E-state index contributed by atoms with van der Waals surface area (Å²) in [7, 11) is 2.21. The zero-order valence-electron chi connectivity index (χ0n) is 26.9. The summed E-state index contributed by atoms with van der Waals surface area (Å²) in [5, 5.41) is 3.28. The van der Waals surface area contributed by atoms with E-state index in [4.69, 9.17) is 28.5 Å². The number of nitrogens with two attached hydrogens (primary N) is 1. The molecule has 10 nitrogen and oxygen atoms in total. The van der Waals surface area contributed by atoms with E-state index >= 15 is 0 Å². The fraction of sp³-hybridized carbons (Fsp3) is 0.528. The van der Waals surface area contributed by atoms with Crippen LogP contribution in [0.15, 0.2) is 36.4 Å². The molecule has 248 valence electrons. The minimum atomic E-state index is -1.04. The van der Waals surface area contributed by atoms with Crippen molar-refractivity contribution in [3.63, 3.8) is 0 Å². The van der Waals surface area contributed by atoms with Crippen LogP contribution in [0.25, 0.3) is 0 Å². The number of nitrogen functional groups attached to an aromatic ring is 1. The van der Waals surface area contributed by atoms with Gasteiger partial charge < -0.3 is 30.5 Å². The maximum Gasteiger partial charge on any atom is 0.410 e. The molecule has 47 heavy (non-hydrogen) atoms. The number of carbonyl (C=O) groups excluding carboxylic acids is 3. The molecule has 7 rings (SSSR count). The summed E-state index contributed by atoms with van der Waals surface area (Å²) < 4.78 is 6.07. The molecule has 4 saturated heterocycles. The van der Waals surface area contributed by atoms with Crippen LogP contribution >= 0.6 is 11.6 Å². The van der Waals surface area contributed by atoms with Crippen molar-refractivity contribution in [1.82, 2.24) is 19.6 Å². The summed E-state index contributed by atoms with van der Waals surface area (Å²) in [6.45, 7) is 4.30. The number of piperazine rings is 1. The van der Waals surface area contributed by atoms with Gasteiger partial charge in [-0.05, 0) is 68.5 Å². The number of halogens is 1. The molecule has 0 saturated carbocycles. The van der Waals surface area contributed by atoms with E-state index < -0.39 is 12.2 Å². The number of hydrogen-bond acceptors (Lipinski definition) is 7. The van der Waals surface area contributed by atoms with Crippen molar-refractivity contribution in [2.45, 2.75) is 74.6 Å². The maximum absolute atomic E-state index is 14.1. The molecular formula is C36H43ClN6O4. The van der Waals surface area contributed by atoms with Gasteiger partial charge in [-0.25, -0.2) is 4.79 Å². The van der Waals surface area contributed by atoms with Gasteiger partial charge in [0, 0.05) is 86.9 Å². The lowest BCUT2D eigenvalue weighted by atomic mass is 9.68. The van der Waals surface area contributed by atoms with E-state index in [2.05, 4.69) is 34.2 Å². The van der Waals surface area contributed by atoms with Gasteiger partial charge in [0.25, 0.3) is 5.91 Å². The highest BCUT2D eigenvalue weighted by molar-refractivity contribution is 6.33. The first-order valence-corrected chi connectivity index (χ1v) is 17.2. The topological polar surface area (TPSA) is 111 Å². The van der Waals surface area contributed by atoms with Gasteiger partial charge in [-0.2, -0.15) is 0 Å². The van der Waals surface area contributed by atoms with Crippen LogP contribution in [-0.4, -0.2) is 108 Å². The monoisotopic (exact) mass is 658 g/mol. The number of para-hydroxylation sites is 1. The lowest BCUT2D eigenvalue weighted by molar-refractivity contribution is -0.142. The number of terminal acetylenes is 1. The molecule has 2 unspecified atom stereocenters. The second kappa shape index (κ2) is 12.7. The minimum absolute atomic E-state index is 0.00720. The van der Waals surface area contributed by atoms with Crippen molar-refractivity contribution in [2.24, 2.45) is 0 Å². The largest absolute Gasteiger partial charge is 0.436 e. The summed E-state index contributed by atoms with van der Waals surface area (Å²) in [6, 6.07) is 13.0. The zero-order valence-corrected chi connectivity index (χ0v) is 27.7. The minimum Gasteiger partial charge on any atom is -0.436 e. The second-order valence-corrected chi connectivity index (χ2v) is 14.4. The van der Waals surface area contributed by atoms with E-state index in [0.717, 1.165) is 37.2 Å². The van der Waals surface area contributed by atoms with Gasteiger partial charge in [0.05, 0.1) is 10.7 Å². The van der Waals surface area contributed by atoms with Crippen LogP contribution in [0, 0.1) is 12.3 Å². The van der Waals surface area contributed by atoms with Crippen LogP contribution in [0.5, 0.6) is 0 Å². The molecular weight excluding hydrogens is 616 g/mol. The highest BCUT2D eigenvalue weighted by Gasteiger charge is 2.46. The molecule has 0 aromatic heterocycles. The number of fused-ring (bicyclic) bond motifs is 4. The number of ether oxygens (including phenoxy) is 1.